The molecule has 0 fully saturated rings. The molecule has 0 bridgehead atoms. The molecule has 1 radical (unpaired) electrons. The minimum atomic E-state index is -0.371. The van der Waals surface area contributed by atoms with E-state index in [1.807, 2.05) is 0 Å². The highest BCUT2D eigenvalue weighted by Gasteiger charge is 2.19. The lowest BCUT2D eigenvalue weighted by atomic mass is 10.1. The van der Waals surface area contributed by atoms with Gasteiger partial charge in [-0.1, -0.05) is 0 Å². The number of nitrogens with one attached hydrogen (secondary N) is 2. The van der Waals surface area contributed by atoms with E-state index in [1.165, 1.54) is 24.3 Å². The van der Waals surface area contributed by atoms with Gasteiger partial charge in [-0.3, -0.25) is 9.89 Å². The van der Waals surface area contributed by atoms with Gasteiger partial charge in [-0.05, 0) is 36.4 Å². The molecule has 2 aromatic carbocycles. The fraction of sp³-hybridized carbons (Fsp3) is 0. The van der Waals surface area contributed by atoms with Gasteiger partial charge in [-0.2, -0.15) is 15.6 Å². The summed E-state index contributed by atoms with van der Waals surface area (Å²) in [5, 5.41) is 14.1. The molecule has 7 heteroatoms. The van der Waals surface area contributed by atoms with Crippen LogP contribution in [0.25, 0.3) is 10.9 Å². The van der Waals surface area contributed by atoms with Gasteiger partial charge in [0.2, 0.25) is 0 Å². The van der Waals surface area contributed by atoms with E-state index in [0.717, 1.165) is 11.3 Å². The quantitative estimate of drug-likeness (QED) is 0.761. The van der Waals surface area contributed by atoms with Gasteiger partial charge in [0.15, 0.2) is 5.69 Å². The number of H-pyrrole nitrogens is 1. The van der Waals surface area contributed by atoms with E-state index in [-0.39, 0.29) is 17.4 Å². The molecule has 2 N–H and O–H groups in total. The number of halogens is 1. The summed E-state index contributed by atoms with van der Waals surface area (Å²) in [6.07, 6.45) is 1.62. The van der Waals surface area contributed by atoms with Crippen molar-refractivity contribution in [1.29, 1.82) is 0 Å². The van der Waals surface area contributed by atoms with Crippen LogP contribution in [0, 0.1) is 5.82 Å². The Hall–Kier alpha value is -3.22. The number of fused-ring (bicyclic) bond motifs is 3. The molecule has 3 aromatic rings. The number of hydrogen-bond donors (Lipinski definition) is 2. The zero-order valence-corrected chi connectivity index (χ0v) is 11.2. The van der Waals surface area contributed by atoms with E-state index in [4.69, 9.17) is 0 Å². The molecule has 0 saturated heterocycles. The fourth-order valence-electron chi connectivity index (χ4n) is 2.36. The van der Waals surface area contributed by atoms with Crippen molar-refractivity contribution in [3.05, 3.63) is 53.5 Å². The lowest BCUT2D eigenvalue weighted by Gasteiger charge is -2.03. The Kier molecular flexibility index (Phi) is 2.65. The van der Waals surface area contributed by atoms with Gasteiger partial charge in [-0.15, -0.1) is 0 Å². The first-order valence-corrected chi connectivity index (χ1v) is 6.54. The molecule has 1 aliphatic rings. The van der Waals surface area contributed by atoms with Crippen molar-refractivity contribution in [2.24, 2.45) is 5.10 Å². The van der Waals surface area contributed by atoms with Crippen molar-refractivity contribution in [1.82, 2.24) is 15.6 Å². The van der Waals surface area contributed by atoms with Crippen LogP contribution >= 0.6 is 0 Å². The number of nitrogens with zero attached hydrogens (tertiary/aromatic N) is 3. The Morgan fingerprint density at radius 3 is 2.77 bits per heavy atom. The maximum absolute atomic E-state index is 12.9. The third-order valence-electron chi connectivity index (χ3n) is 3.43. The Balaban J connectivity index is 1.70. The molecule has 1 aliphatic heterocycles. The summed E-state index contributed by atoms with van der Waals surface area (Å²) in [7, 11) is 0. The number of carbonyl (C=O) groups is 1. The van der Waals surface area contributed by atoms with Gasteiger partial charge >= 0.3 is 0 Å². The fourth-order valence-corrected chi connectivity index (χ4v) is 2.36. The summed E-state index contributed by atoms with van der Waals surface area (Å²) in [4.78, 5) is 12.3. The third kappa shape index (κ3) is 1.91. The number of aromatic nitrogens is 2. The molecule has 0 spiro atoms. The molecule has 107 valence electrons. The first-order valence-electron chi connectivity index (χ1n) is 6.54. The normalized spacial score (nSPS) is 12.2. The highest BCUT2D eigenvalue weighted by atomic mass is 19.1. The SMILES string of the molecule is O=C(Nc1ccc(F)cc1)c1n[nH]c2c3c(ccc12)[N]N=C3. The molecule has 4 rings (SSSR count). The van der Waals surface area contributed by atoms with Crippen molar-refractivity contribution >= 4 is 34.4 Å². The predicted octanol–water partition coefficient (Wildman–Crippen LogP) is 2.54. The predicted molar refractivity (Wildman–Crippen MR) is 79.8 cm³/mol. The molecular weight excluding hydrogens is 285 g/mol. The Morgan fingerprint density at radius 1 is 1.14 bits per heavy atom. The number of benzene rings is 2. The largest absolute Gasteiger partial charge is 0.321 e. The van der Waals surface area contributed by atoms with Crippen LogP contribution in [0.3, 0.4) is 0 Å². The highest BCUT2D eigenvalue weighted by molar-refractivity contribution is 6.14. The van der Waals surface area contributed by atoms with E-state index in [9.17, 15) is 9.18 Å². The zero-order chi connectivity index (χ0) is 15.1. The minimum Gasteiger partial charge on any atom is -0.321 e. The van der Waals surface area contributed by atoms with Gasteiger partial charge < -0.3 is 5.32 Å². The van der Waals surface area contributed by atoms with E-state index in [2.05, 4.69) is 26.0 Å². The van der Waals surface area contributed by atoms with Crippen LogP contribution in [-0.4, -0.2) is 22.3 Å². The monoisotopic (exact) mass is 294 g/mol. The number of carbonyl (C=O) groups excluding carboxylic acids is 1. The van der Waals surface area contributed by atoms with Crippen LogP contribution in [0.1, 0.15) is 16.1 Å². The summed E-state index contributed by atoms with van der Waals surface area (Å²) < 4.78 is 12.9. The summed E-state index contributed by atoms with van der Waals surface area (Å²) >= 11 is 0. The van der Waals surface area contributed by atoms with Gasteiger partial charge in [0, 0.05) is 16.6 Å². The smallest absolute Gasteiger partial charge is 0.276 e. The Bertz CT molecular complexity index is 914. The van der Waals surface area contributed by atoms with Crippen LogP contribution in [0.15, 0.2) is 41.5 Å². The third-order valence-corrected chi connectivity index (χ3v) is 3.43. The standard InChI is InChI=1S/C15H9FN5O/c16-8-1-3-9(4-2-8)18-15(22)14-10-5-6-12-11(7-17-19-12)13(10)20-21-14/h1-7H,(H,18,22)(H,20,21). The topological polar surface area (TPSA) is 84.2 Å². The first-order chi connectivity index (χ1) is 10.7. The van der Waals surface area contributed by atoms with Gasteiger partial charge in [0.1, 0.15) is 5.82 Å². The highest BCUT2D eigenvalue weighted by Crippen LogP contribution is 2.28. The second-order valence-electron chi connectivity index (χ2n) is 4.80. The second kappa shape index (κ2) is 4.66. The van der Waals surface area contributed by atoms with E-state index >= 15 is 0 Å². The van der Waals surface area contributed by atoms with Crippen molar-refractivity contribution in [2.45, 2.75) is 0 Å². The molecule has 2 heterocycles. The molecule has 0 unspecified atom stereocenters. The van der Waals surface area contributed by atoms with Crippen molar-refractivity contribution < 1.29 is 9.18 Å². The minimum absolute atomic E-state index is 0.266. The molecule has 0 atom stereocenters. The lowest BCUT2D eigenvalue weighted by molar-refractivity contribution is 0.102. The van der Waals surface area contributed by atoms with Crippen LogP contribution in [0.4, 0.5) is 15.8 Å². The van der Waals surface area contributed by atoms with Crippen LogP contribution in [-0.2, 0) is 0 Å². The first kappa shape index (κ1) is 12.5. The zero-order valence-electron chi connectivity index (χ0n) is 11.2. The number of anilines is 1. The number of amides is 1. The summed E-state index contributed by atoms with van der Waals surface area (Å²) in [5.41, 5.74) is 6.99. The van der Waals surface area contributed by atoms with Crippen molar-refractivity contribution in [2.75, 3.05) is 5.32 Å². The molecule has 6 nitrogen and oxygen atoms in total. The molecule has 22 heavy (non-hydrogen) atoms. The van der Waals surface area contributed by atoms with Gasteiger partial charge in [0.05, 0.1) is 17.4 Å². The summed E-state index contributed by atoms with van der Waals surface area (Å²) in [5.74, 6) is -0.730. The van der Waals surface area contributed by atoms with E-state index in [1.54, 1.807) is 18.3 Å². The average Bonchev–Trinajstić information content (AvgIpc) is 3.14. The Labute approximate surface area is 124 Å². The lowest BCUT2D eigenvalue weighted by Crippen LogP contribution is -2.12. The van der Waals surface area contributed by atoms with Crippen LogP contribution in [0.2, 0.25) is 0 Å². The summed E-state index contributed by atoms with van der Waals surface area (Å²) in [6.45, 7) is 0. The number of aromatic amines is 1. The molecule has 1 aromatic heterocycles. The molecule has 0 aliphatic carbocycles. The average molecular weight is 294 g/mol. The Morgan fingerprint density at radius 2 is 1.95 bits per heavy atom. The second-order valence-corrected chi connectivity index (χ2v) is 4.80. The van der Waals surface area contributed by atoms with Crippen molar-refractivity contribution in [3.8, 4) is 0 Å². The van der Waals surface area contributed by atoms with E-state index < -0.39 is 0 Å². The van der Waals surface area contributed by atoms with Crippen molar-refractivity contribution in [3.63, 3.8) is 0 Å². The number of rotatable bonds is 2. The summed E-state index contributed by atoms with van der Waals surface area (Å²) in [6, 6.07) is 9.10. The maximum Gasteiger partial charge on any atom is 0.276 e. The van der Waals surface area contributed by atoms with Gasteiger partial charge in [0.25, 0.3) is 5.91 Å². The molecule has 0 saturated carbocycles. The van der Waals surface area contributed by atoms with Crippen LogP contribution in [0.5, 0.6) is 0 Å². The van der Waals surface area contributed by atoms with Gasteiger partial charge in [-0.25, -0.2) is 4.39 Å². The maximum atomic E-state index is 12.9. The van der Waals surface area contributed by atoms with Crippen LogP contribution < -0.4 is 10.7 Å². The van der Waals surface area contributed by atoms with E-state index in [0.29, 0.717) is 16.6 Å². The molecule has 1 amide bonds. The molecular formula is C15H9FN5O. The number of hydrogen-bond acceptors (Lipinski definition) is 3.